The fourth-order valence-corrected chi connectivity index (χ4v) is 1.13. The number of rotatable bonds is 4. The molecule has 0 aliphatic heterocycles. The number of carbonyl (C=O) groups excluding carboxylic acids is 2. The van der Waals surface area contributed by atoms with Crippen molar-refractivity contribution in [2.75, 3.05) is 21.2 Å². The van der Waals surface area contributed by atoms with Gasteiger partial charge in [-0.1, -0.05) is 0 Å². The van der Waals surface area contributed by atoms with Crippen molar-refractivity contribution in [3.63, 3.8) is 0 Å². The highest BCUT2D eigenvalue weighted by molar-refractivity contribution is 5.76. The summed E-state index contributed by atoms with van der Waals surface area (Å²) >= 11 is 0. The molecule has 0 fully saturated rings. The van der Waals surface area contributed by atoms with Crippen molar-refractivity contribution in [1.82, 2.24) is 9.96 Å². The molecule has 0 rings (SSSR count). The molecule has 0 heterocycles. The molecule has 18 heavy (non-hydrogen) atoms. The highest BCUT2D eigenvalue weighted by Gasteiger charge is 2.25. The van der Waals surface area contributed by atoms with Crippen LogP contribution in [0.3, 0.4) is 0 Å². The maximum Gasteiger partial charge on any atom is 0.410 e. The molecular weight excluding hydrogens is 236 g/mol. The Bertz CT molecular complexity index is 299. The van der Waals surface area contributed by atoms with Crippen LogP contribution in [-0.2, 0) is 14.4 Å². The molecule has 1 atom stereocenters. The van der Waals surface area contributed by atoms with Gasteiger partial charge in [-0.2, -0.15) is 0 Å². The number of hydrogen-bond acceptors (Lipinski definition) is 4. The van der Waals surface area contributed by atoms with Gasteiger partial charge in [-0.3, -0.25) is 9.63 Å². The van der Waals surface area contributed by atoms with Crippen molar-refractivity contribution in [2.24, 2.45) is 0 Å². The van der Waals surface area contributed by atoms with Gasteiger partial charge in [-0.05, 0) is 27.7 Å². The van der Waals surface area contributed by atoms with Crippen molar-refractivity contribution >= 4 is 12.0 Å². The predicted molar refractivity (Wildman–Crippen MR) is 67.9 cm³/mol. The Morgan fingerprint density at radius 2 is 1.72 bits per heavy atom. The molecule has 0 aliphatic rings. The quantitative estimate of drug-likeness (QED) is 0.721. The second-order valence-corrected chi connectivity index (χ2v) is 5.22. The summed E-state index contributed by atoms with van der Waals surface area (Å²) in [5, 5.41) is 1.14. The summed E-state index contributed by atoms with van der Waals surface area (Å²) in [7, 11) is 4.56. The summed E-state index contributed by atoms with van der Waals surface area (Å²) in [6, 6.07) is -0.259. The maximum absolute atomic E-state index is 11.8. The number of hydroxylamine groups is 2. The first-order chi connectivity index (χ1) is 8.08. The molecule has 2 amide bonds. The molecule has 6 nitrogen and oxygen atoms in total. The monoisotopic (exact) mass is 260 g/mol. The fourth-order valence-electron chi connectivity index (χ4n) is 1.13. The van der Waals surface area contributed by atoms with Gasteiger partial charge in [0.2, 0.25) is 5.91 Å². The lowest BCUT2D eigenvalue weighted by Crippen LogP contribution is -2.41. The molecule has 0 aromatic heterocycles. The Labute approximate surface area is 109 Å². The number of amides is 2. The zero-order valence-electron chi connectivity index (χ0n) is 12.3. The molecule has 0 saturated heterocycles. The van der Waals surface area contributed by atoms with Gasteiger partial charge in [0, 0.05) is 26.6 Å². The van der Waals surface area contributed by atoms with Crippen LogP contribution in [0.15, 0.2) is 0 Å². The van der Waals surface area contributed by atoms with E-state index in [1.807, 2.05) is 0 Å². The summed E-state index contributed by atoms with van der Waals surface area (Å²) in [5.41, 5.74) is -0.543. The van der Waals surface area contributed by atoms with Gasteiger partial charge in [0.25, 0.3) is 0 Å². The van der Waals surface area contributed by atoms with Crippen LogP contribution >= 0.6 is 0 Å². The Morgan fingerprint density at radius 3 is 2.11 bits per heavy atom. The van der Waals surface area contributed by atoms with Crippen LogP contribution in [0.25, 0.3) is 0 Å². The Hall–Kier alpha value is -1.30. The van der Waals surface area contributed by atoms with Gasteiger partial charge < -0.3 is 9.64 Å². The summed E-state index contributed by atoms with van der Waals surface area (Å²) < 4.78 is 5.22. The van der Waals surface area contributed by atoms with E-state index in [2.05, 4.69) is 0 Å². The summed E-state index contributed by atoms with van der Waals surface area (Å²) in [6.45, 7) is 7.18. The van der Waals surface area contributed by atoms with E-state index in [9.17, 15) is 9.59 Å². The van der Waals surface area contributed by atoms with Gasteiger partial charge in [0.05, 0.1) is 7.11 Å². The van der Waals surface area contributed by atoms with Gasteiger partial charge in [-0.15, -0.1) is 0 Å². The predicted octanol–water partition coefficient (Wildman–Crippen LogP) is 1.65. The molecule has 0 N–H and O–H groups in total. The lowest BCUT2D eigenvalue weighted by Gasteiger charge is -2.29. The van der Waals surface area contributed by atoms with Gasteiger partial charge in [0.15, 0.2) is 0 Å². The van der Waals surface area contributed by atoms with E-state index in [1.165, 1.54) is 19.1 Å². The maximum atomic E-state index is 11.8. The van der Waals surface area contributed by atoms with Gasteiger partial charge in [0.1, 0.15) is 5.60 Å². The minimum Gasteiger partial charge on any atom is -0.444 e. The zero-order chi connectivity index (χ0) is 14.5. The topological polar surface area (TPSA) is 59.1 Å². The summed E-state index contributed by atoms with van der Waals surface area (Å²) in [6.07, 6.45) is -0.261. The molecule has 0 saturated carbocycles. The highest BCUT2D eigenvalue weighted by Crippen LogP contribution is 2.12. The van der Waals surface area contributed by atoms with Crippen LogP contribution < -0.4 is 0 Å². The third kappa shape index (κ3) is 5.86. The first-order valence-corrected chi connectivity index (χ1v) is 5.85. The molecule has 1 unspecified atom stereocenters. The Kier molecular flexibility index (Phi) is 6.11. The van der Waals surface area contributed by atoms with E-state index in [0.717, 1.165) is 5.06 Å². The van der Waals surface area contributed by atoms with Crippen LogP contribution in [0.1, 0.15) is 34.1 Å². The highest BCUT2D eigenvalue weighted by atomic mass is 16.7. The average Bonchev–Trinajstić information content (AvgIpc) is 2.24. The molecule has 0 aromatic carbocycles. The second kappa shape index (κ2) is 6.58. The Balaban J connectivity index is 4.38. The van der Waals surface area contributed by atoms with E-state index < -0.39 is 11.7 Å². The molecule has 106 valence electrons. The lowest BCUT2D eigenvalue weighted by molar-refractivity contribution is -0.169. The van der Waals surface area contributed by atoms with Crippen LogP contribution in [0.5, 0.6) is 0 Å². The minimum atomic E-state index is -0.543. The van der Waals surface area contributed by atoms with Crippen LogP contribution in [0.4, 0.5) is 4.79 Å². The lowest BCUT2D eigenvalue weighted by atomic mass is 10.2. The van der Waals surface area contributed by atoms with Crippen molar-refractivity contribution in [2.45, 2.75) is 45.8 Å². The second-order valence-electron chi connectivity index (χ2n) is 5.22. The van der Waals surface area contributed by atoms with E-state index >= 15 is 0 Å². The number of ether oxygens (including phenoxy) is 1. The molecule has 0 spiro atoms. The number of hydrogen-bond donors (Lipinski definition) is 0. The zero-order valence-corrected chi connectivity index (χ0v) is 12.3. The Morgan fingerprint density at radius 1 is 1.22 bits per heavy atom. The van der Waals surface area contributed by atoms with Crippen LogP contribution in [0.2, 0.25) is 0 Å². The first kappa shape index (κ1) is 16.7. The molecular formula is C12H24N2O4. The van der Waals surface area contributed by atoms with Crippen molar-refractivity contribution in [3.8, 4) is 0 Å². The summed E-state index contributed by atoms with van der Waals surface area (Å²) in [5.74, 6) is -0.194. The molecule has 0 bridgehead atoms. The molecule has 0 aromatic rings. The summed E-state index contributed by atoms with van der Waals surface area (Å²) in [4.78, 5) is 29.6. The number of carbonyl (C=O) groups is 2. The first-order valence-electron chi connectivity index (χ1n) is 5.85. The van der Waals surface area contributed by atoms with Gasteiger partial charge in [-0.25, -0.2) is 9.86 Å². The van der Waals surface area contributed by atoms with E-state index in [4.69, 9.17) is 9.57 Å². The van der Waals surface area contributed by atoms with E-state index in [0.29, 0.717) is 0 Å². The largest absolute Gasteiger partial charge is 0.444 e. The standard InChI is InChI=1S/C12H24N2O4/c1-9(8-10(15)14(6)17-7)13(5)11(16)18-12(2,3)4/h9H,8H2,1-7H3. The third-order valence-electron chi connectivity index (χ3n) is 2.44. The smallest absolute Gasteiger partial charge is 0.410 e. The minimum absolute atomic E-state index is 0.181. The molecule has 0 aliphatic carbocycles. The van der Waals surface area contributed by atoms with E-state index in [1.54, 1.807) is 34.7 Å². The van der Waals surface area contributed by atoms with Crippen molar-refractivity contribution in [3.05, 3.63) is 0 Å². The van der Waals surface area contributed by atoms with Crippen molar-refractivity contribution < 1.29 is 19.2 Å². The third-order valence-corrected chi connectivity index (χ3v) is 2.44. The number of nitrogens with zero attached hydrogens (tertiary/aromatic N) is 2. The van der Waals surface area contributed by atoms with E-state index in [-0.39, 0.29) is 18.4 Å². The molecule has 6 heteroatoms. The van der Waals surface area contributed by atoms with Crippen molar-refractivity contribution in [1.29, 1.82) is 0 Å². The molecule has 0 radical (unpaired) electrons. The normalized spacial score (nSPS) is 12.8. The van der Waals surface area contributed by atoms with Gasteiger partial charge >= 0.3 is 6.09 Å². The van der Waals surface area contributed by atoms with Crippen LogP contribution in [0, 0.1) is 0 Å². The average molecular weight is 260 g/mol. The SMILES string of the molecule is CON(C)C(=O)CC(C)N(C)C(=O)OC(C)(C)C. The fraction of sp³-hybridized carbons (Fsp3) is 0.833. The van der Waals surface area contributed by atoms with Crippen LogP contribution in [-0.4, -0.2) is 54.8 Å².